The van der Waals surface area contributed by atoms with Crippen LogP contribution in [0.25, 0.3) is 0 Å². The molecule has 0 atom stereocenters. The molecule has 1 fully saturated rings. The third kappa shape index (κ3) is 5.41. The minimum absolute atomic E-state index is 0.0764. The molecule has 1 saturated heterocycles. The molecule has 1 aromatic heterocycles. The molecule has 3 rings (SSSR count). The standard InChI is InChI=1S/C20H25N5O4/c1-14(26)15-4-5-16(17(10-15)28-3)29-12-20(27)23-18-11-19(22-13-21-18)25-8-6-24(2)7-9-25/h4-5,10-11,13H,6-9,12H2,1-3H3,(H,21,22,23,27). The van der Waals surface area contributed by atoms with E-state index < -0.39 is 0 Å². The number of Topliss-reactive ketones (excluding diaryl/α,β-unsaturated/α-hetero) is 1. The summed E-state index contributed by atoms with van der Waals surface area (Å²) in [7, 11) is 3.57. The number of hydrogen-bond acceptors (Lipinski definition) is 8. The van der Waals surface area contributed by atoms with Crippen molar-refractivity contribution in [3.8, 4) is 11.5 Å². The lowest BCUT2D eigenvalue weighted by molar-refractivity contribution is -0.118. The van der Waals surface area contributed by atoms with E-state index in [-0.39, 0.29) is 18.3 Å². The molecule has 1 amide bonds. The number of benzene rings is 1. The van der Waals surface area contributed by atoms with Gasteiger partial charge in [-0.1, -0.05) is 0 Å². The van der Waals surface area contributed by atoms with Crippen LogP contribution in [0.2, 0.25) is 0 Å². The van der Waals surface area contributed by atoms with Crippen LogP contribution in [0.4, 0.5) is 11.6 Å². The Morgan fingerprint density at radius 1 is 1.10 bits per heavy atom. The van der Waals surface area contributed by atoms with Crippen LogP contribution in [0.5, 0.6) is 11.5 Å². The highest BCUT2D eigenvalue weighted by Gasteiger charge is 2.16. The highest BCUT2D eigenvalue weighted by Crippen LogP contribution is 2.28. The fourth-order valence-corrected chi connectivity index (χ4v) is 2.95. The van der Waals surface area contributed by atoms with Crippen molar-refractivity contribution in [3.63, 3.8) is 0 Å². The molecular formula is C20H25N5O4. The number of likely N-dealkylation sites (N-methyl/N-ethyl adjacent to an activating group) is 1. The van der Waals surface area contributed by atoms with Crippen LogP contribution in [0.3, 0.4) is 0 Å². The average Bonchev–Trinajstić information content (AvgIpc) is 2.72. The van der Waals surface area contributed by atoms with E-state index >= 15 is 0 Å². The van der Waals surface area contributed by atoms with Gasteiger partial charge in [-0.05, 0) is 32.2 Å². The number of ketones is 1. The summed E-state index contributed by atoms with van der Waals surface area (Å²) >= 11 is 0. The third-order valence-electron chi connectivity index (χ3n) is 4.68. The topological polar surface area (TPSA) is 96.9 Å². The maximum Gasteiger partial charge on any atom is 0.263 e. The van der Waals surface area contributed by atoms with Crippen molar-refractivity contribution in [1.82, 2.24) is 14.9 Å². The molecule has 29 heavy (non-hydrogen) atoms. The smallest absolute Gasteiger partial charge is 0.263 e. The summed E-state index contributed by atoms with van der Waals surface area (Å²) in [5, 5.41) is 2.72. The highest BCUT2D eigenvalue weighted by molar-refractivity contribution is 5.95. The molecule has 1 aliphatic heterocycles. The van der Waals surface area contributed by atoms with Crippen molar-refractivity contribution >= 4 is 23.3 Å². The Bertz CT molecular complexity index is 881. The Kier molecular flexibility index (Phi) is 6.61. The first-order chi connectivity index (χ1) is 14.0. The molecule has 0 aliphatic carbocycles. The Labute approximate surface area is 169 Å². The second kappa shape index (κ2) is 9.33. The number of carbonyl (C=O) groups is 2. The number of aromatic nitrogens is 2. The Morgan fingerprint density at radius 3 is 2.55 bits per heavy atom. The largest absolute Gasteiger partial charge is 0.493 e. The van der Waals surface area contributed by atoms with Gasteiger partial charge in [0.05, 0.1) is 7.11 Å². The van der Waals surface area contributed by atoms with Crippen molar-refractivity contribution in [2.45, 2.75) is 6.92 Å². The number of amides is 1. The van der Waals surface area contributed by atoms with Gasteiger partial charge in [0.2, 0.25) is 0 Å². The van der Waals surface area contributed by atoms with Gasteiger partial charge in [-0.3, -0.25) is 9.59 Å². The molecule has 0 saturated carbocycles. The van der Waals surface area contributed by atoms with E-state index in [0.29, 0.717) is 22.9 Å². The van der Waals surface area contributed by atoms with Crippen LogP contribution in [0, 0.1) is 0 Å². The van der Waals surface area contributed by atoms with Gasteiger partial charge in [0, 0.05) is 37.8 Å². The van der Waals surface area contributed by atoms with Gasteiger partial charge >= 0.3 is 0 Å². The lowest BCUT2D eigenvalue weighted by Gasteiger charge is -2.33. The van der Waals surface area contributed by atoms with Crippen LogP contribution in [-0.4, -0.2) is 73.5 Å². The monoisotopic (exact) mass is 399 g/mol. The maximum absolute atomic E-state index is 12.3. The second-order valence-electron chi connectivity index (χ2n) is 6.81. The highest BCUT2D eigenvalue weighted by atomic mass is 16.5. The maximum atomic E-state index is 12.3. The predicted octanol–water partition coefficient (Wildman–Crippen LogP) is 1.46. The summed E-state index contributed by atoms with van der Waals surface area (Å²) in [6.07, 6.45) is 1.44. The van der Waals surface area contributed by atoms with E-state index in [1.165, 1.54) is 20.4 Å². The molecule has 2 heterocycles. The van der Waals surface area contributed by atoms with E-state index in [0.717, 1.165) is 32.0 Å². The number of anilines is 2. The van der Waals surface area contributed by atoms with Gasteiger partial charge in [-0.2, -0.15) is 0 Å². The number of nitrogens with one attached hydrogen (secondary N) is 1. The lowest BCUT2D eigenvalue weighted by atomic mass is 10.1. The quantitative estimate of drug-likeness (QED) is 0.699. The normalized spacial score (nSPS) is 14.4. The van der Waals surface area contributed by atoms with Crippen molar-refractivity contribution in [1.29, 1.82) is 0 Å². The summed E-state index contributed by atoms with van der Waals surface area (Å²) in [6, 6.07) is 6.58. The minimum atomic E-state index is -0.356. The molecule has 9 heteroatoms. The Hall–Kier alpha value is -3.20. The van der Waals surface area contributed by atoms with Crippen LogP contribution in [0.15, 0.2) is 30.6 Å². The fraction of sp³-hybridized carbons (Fsp3) is 0.400. The lowest BCUT2D eigenvalue weighted by Crippen LogP contribution is -2.44. The summed E-state index contributed by atoms with van der Waals surface area (Å²) in [5.74, 6) is 1.55. The second-order valence-corrected chi connectivity index (χ2v) is 6.81. The van der Waals surface area contributed by atoms with E-state index in [1.807, 2.05) is 0 Å². The Morgan fingerprint density at radius 2 is 1.86 bits per heavy atom. The van der Waals surface area contributed by atoms with Crippen molar-refractivity contribution < 1.29 is 19.1 Å². The number of nitrogens with zero attached hydrogens (tertiary/aromatic N) is 4. The Balaban J connectivity index is 1.59. The molecule has 1 aliphatic rings. The van der Waals surface area contributed by atoms with Crippen LogP contribution >= 0.6 is 0 Å². The molecular weight excluding hydrogens is 374 g/mol. The van der Waals surface area contributed by atoms with E-state index in [1.54, 1.807) is 24.3 Å². The van der Waals surface area contributed by atoms with Gasteiger partial charge < -0.3 is 24.6 Å². The van der Waals surface area contributed by atoms with Gasteiger partial charge in [-0.25, -0.2) is 9.97 Å². The zero-order chi connectivity index (χ0) is 20.8. The van der Waals surface area contributed by atoms with Gasteiger partial charge in [0.15, 0.2) is 23.9 Å². The predicted molar refractivity (Wildman–Crippen MR) is 109 cm³/mol. The molecule has 0 unspecified atom stereocenters. The van der Waals surface area contributed by atoms with Crippen molar-refractivity contribution in [2.75, 3.05) is 57.2 Å². The van der Waals surface area contributed by atoms with Crippen molar-refractivity contribution in [3.05, 3.63) is 36.2 Å². The molecule has 154 valence electrons. The third-order valence-corrected chi connectivity index (χ3v) is 4.68. The SMILES string of the molecule is COc1cc(C(C)=O)ccc1OCC(=O)Nc1cc(N2CCN(C)CC2)ncn1. The van der Waals surface area contributed by atoms with Crippen LogP contribution < -0.4 is 19.7 Å². The summed E-state index contributed by atoms with van der Waals surface area (Å²) in [6.45, 7) is 4.93. The molecule has 0 bridgehead atoms. The number of hydrogen-bond donors (Lipinski definition) is 1. The fourth-order valence-electron chi connectivity index (χ4n) is 2.95. The first kappa shape index (κ1) is 20.5. The number of rotatable bonds is 7. The van der Waals surface area contributed by atoms with E-state index in [9.17, 15) is 9.59 Å². The first-order valence-corrected chi connectivity index (χ1v) is 9.33. The van der Waals surface area contributed by atoms with Crippen LogP contribution in [0.1, 0.15) is 17.3 Å². The average molecular weight is 399 g/mol. The molecule has 0 spiro atoms. The summed E-state index contributed by atoms with van der Waals surface area (Å²) in [5.41, 5.74) is 0.510. The molecule has 0 radical (unpaired) electrons. The van der Waals surface area contributed by atoms with Crippen molar-refractivity contribution in [2.24, 2.45) is 0 Å². The molecule has 2 aromatic rings. The van der Waals surface area contributed by atoms with E-state index in [4.69, 9.17) is 9.47 Å². The summed E-state index contributed by atoms with van der Waals surface area (Å²) in [4.78, 5) is 36.6. The van der Waals surface area contributed by atoms with Gasteiger partial charge in [0.1, 0.15) is 18.0 Å². The zero-order valence-corrected chi connectivity index (χ0v) is 16.8. The van der Waals surface area contributed by atoms with Gasteiger partial charge in [0.25, 0.3) is 5.91 Å². The van der Waals surface area contributed by atoms with Gasteiger partial charge in [-0.15, -0.1) is 0 Å². The summed E-state index contributed by atoms with van der Waals surface area (Å²) < 4.78 is 10.8. The minimum Gasteiger partial charge on any atom is -0.493 e. The number of carbonyl (C=O) groups excluding carboxylic acids is 2. The molecule has 1 aromatic carbocycles. The number of methoxy groups -OCH3 is 1. The van der Waals surface area contributed by atoms with E-state index in [2.05, 4.69) is 32.1 Å². The molecule has 1 N–H and O–H groups in total. The number of piperazine rings is 1. The molecule has 9 nitrogen and oxygen atoms in total. The number of ether oxygens (including phenoxy) is 2. The first-order valence-electron chi connectivity index (χ1n) is 9.33. The van der Waals surface area contributed by atoms with Crippen LogP contribution in [-0.2, 0) is 4.79 Å². The zero-order valence-electron chi connectivity index (χ0n) is 16.8.